The highest BCUT2D eigenvalue weighted by Gasteiger charge is 2.52. The average Bonchev–Trinajstić information content (AvgIpc) is 3.35. The predicted octanol–water partition coefficient (Wildman–Crippen LogP) is 4.60. The Hall–Kier alpha value is -1.60. The highest BCUT2D eigenvalue weighted by atomic mass is 35.5. The number of carboxylic acids is 1. The van der Waals surface area contributed by atoms with Gasteiger partial charge in [0.2, 0.25) is 5.91 Å². The van der Waals surface area contributed by atoms with Crippen LogP contribution in [0.2, 0.25) is 10.0 Å². The molecule has 2 saturated heterocycles. The highest BCUT2D eigenvalue weighted by Crippen LogP contribution is 2.41. The molecule has 3 aliphatic rings. The minimum atomic E-state index is -0.973. The average molecular weight is 508 g/mol. The first-order chi connectivity index (χ1) is 16.3. The van der Waals surface area contributed by atoms with Crippen molar-refractivity contribution in [2.24, 2.45) is 11.3 Å². The number of allylic oxidation sites excluding steroid dienone is 1. The molecule has 0 unspecified atom stereocenters. The van der Waals surface area contributed by atoms with Gasteiger partial charge < -0.3 is 10.4 Å². The number of carbonyl (C=O) groups excluding carboxylic acids is 1. The minimum Gasteiger partial charge on any atom is -0.481 e. The highest BCUT2D eigenvalue weighted by molar-refractivity contribution is 6.35. The second-order valence-electron chi connectivity index (χ2n) is 10.3. The van der Waals surface area contributed by atoms with Gasteiger partial charge in [0, 0.05) is 60.9 Å². The van der Waals surface area contributed by atoms with Crippen molar-refractivity contribution in [1.29, 1.82) is 0 Å². The van der Waals surface area contributed by atoms with Crippen LogP contribution in [0, 0.1) is 11.3 Å². The number of amides is 1. The van der Waals surface area contributed by atoms with E-state index in [9.17, 15) is 14.7 Å². The third-order valence-electron chi connectivity index (χ3n) is 7.76. The second-order valence-corrected chi connectivity index (χ2v) is 11.1. The molecule has 8 heteroatoms. The maximum atomic E-state index is 13.6. The topological polar surface area (TPSA) is 72.9 Å². The Balaban J connectivity index is 1.42. The molecule has 34 heavy (non-hydrogen) atoms. The Kier molecular flexibility index (Phi) is 8.24. The number of carboxylic acid groups (broad SMARTS) is 1. The Morgan fingerprint density at radius 3 is 2.59 bits per heavy atom. The summed E-state index contributed by atoms with van der Waals surface area (Å²) >= 11 is 12.7. The number of benzene rings is 1. The number of aliphatic carboxylic acids is 1. The Morgan fingerprint density at radius 1 is 1.15 bits per heavy atom. The summed E-state index contributed by atoms with van der Waals surface area (Å²) < 4.78 is 0. The van der Waals surface area contributed by atoms with Gasteiger partial charge in [-0.1, -0.05) is 47.8 Å². The number of carbonyl (C=O) groups is 2. The van der Waals surface area contributed by atoms with Crippen LogP contribution >= 0.6 is 23.2 Å². The molecule has 0 saturated carbocycles. The number of hydrogen-bond acceptors (Lipinski definition) is 4. The Morgan fingerprint density at radius 2 is 1.91 bits per heavy atom. The first-order valence-corrected chi connectivity index (χ1v) is 13.1. The maximum Gasteiger partial charge on any atom is 0.304 e. The van der Waals surface area contributed by atoms with E-state index in [1.54, 1.807) is 18.2 Å². The predicted molar refractivity (Wildman–Crippen MR) is 135 cm³/mol. The van der Waals surface area contributed by atoms with E-state index in [0.717, 1.165) is 31.6 Å². The van der Waals surface area contributed by atoms with Crippen LogP contribution in [0.1, 0.15) is 51.0 Å². The lowest BCUT2D eigenvalue weighted by Gasteiger charge is -2.32. The van der Waals surface area contributed by atoms with E-state index in [0.29, 0.717) is 29.7 Å². The summed E-state index contributed by atoms with van der Waals surface area (Å²) in [6, 6.07) is 5.46. The Labute approximate surface area is 212 Å². The zero-order valence-corrected chi connectivity index (χ0v) is 21.4. The molecule has 0 spiro atoms. The van der Waals surface area contributed by atoms with Crippen molar-refractivity contribution in [3.05, 3.63) is 45.5 Å². The van der Waals surface area contributed by atoms with Crippen molar-refractivity contribution in [2.75, 3.05) is 32.7 Å². The van der Waals surface area contributed by atoms with Gasteiger partial charge in [-0.3, -0.25) is 19.4 Å². The first-order valence-electron chi connectivity index (χ1n) is 12.3. The molecule has 4 rings (SSSR count). The van der Waals surface area contributed by atoms with E-state index in [1.165, 1.54) is 31.3 Å². The van der Waals surface area contributed by atoms with Crippen molar-refractivity contribution < 1.29 is 14.7 Å². The molecule has 2 heterocycles. The summed E-state index contributed by atoms with van der Waals surface area (Å²) in [4.78, 5) is 30.0. The lowest BCUT2D eigenvalue weighted by atomic mass is 9.75. The number of nitrogens with zero attached hydrogens (tertiary/aromatic N) is 2. The molecule has 0 bridgehead atoms. The van der Waals surface area contributed by atoms with Crippen molar-refractivity contribution in [3.63, 3.8) is 0 Å². The van der Waals surface area contributed by atoms with Crippen LogP contribution in [0.25, 0.3) is 0 Å². The first kappa shape index (κ1) is 25.5. The molecule has 2 fully saturated rings. The van der Waals surface area contributed by atoms with Crippen LogP contribution in [0.4, 0.5) is 0 Å². The van der Waals surface area contributed by atoms with Gasteiger partial charge in [0.25, 0.3) is 0 Å². The standard InChI is InChI=1S/C26H35Cl2N3O3/c1-18-13-31(16-21-22(27)8-5-9-23(21)28)17-26(18,12-24(32)33)25(34)29-20-10-11-30(15-20)14-19-6-3-2-4-7-19/h5-6,8-9,18,20H,2-4,7,10-17H2,1H3,(H,29,34)(H,32,33)/t18-,20-,26-/m0/s1. The van der Waals surface area contributed by atoms with Crippen LogP contribution < -0.4 is 5.32 Å². The fourth-order valence-corrected chi connectivity index (χ4v) is 6.36. The summed E-state index contributed by atoms with van der Waals surface area (Å²) in [6.45, 7) is 6.22. The van der Waals surface area contributed by atoms with Crippen molar-refractivity contribution >= 4 is 35.1 Å². The summed E-state index contributed by atoms with van der Waals surface area (Å²) in [5, 5.41) is 14.1. The van der Waals surface area contributed by atoms with Crippen LogP contribution in [0.5, 0.6) is 0 Å². The van der Waals surface area contributed by atoms with E-state index in [1.807, 2.05) is 6.92 Å². The molecular weight excluding hydrogens is 473 g/mol. The van der Waals surface area contributed by atoms with Crippen LogP contribution in [0.3, 0.4) is 0 Å². The number of hydrogen-bond donors (Lipinski definition) is 2. The van der Waals surface area contributed by atoms with Crippen molar-refractivity contribution in [2.45, 2.75) is 58.0 Å². The summed E-state index contributed by atoms with van der Waals surface area (Å²) in [5.41, 5.74) is 1.35. The number of halogens is 2. The fourth-order valence-electron chi connectivity index (χ4n) is 5.84. The lowest BCUT2D eigenvalue weighted by molar-refractivity contribution is -0.146. The van der Waals surface area contributed by atoms with Crippen LogP contribution in [-0.4, -0.2) is 65.5 Å². The van der Waals surface area contributed by atoms with Crippen molar-refractivity contribution in [1.82, 2.24) is 15.1 Å². The normalized spacial score (nSPS) is 28.1. The minimum absolute atomic E-state index is 0.0571. The van der Waals surface area contributed by atoms with E-state index in [2.05, 4.69) is 21.2 Å². The summed E-state index contributed by atoms with van der Waals surface area (Å²) in [5.74, 6) is -1.19. The molecule has 2 aliphatic heterocycles. The van der Waals surface area contributed by atoms with E-state index in [-0.39, 0.29) is 24.3 Å². The largest absolute Gasteiger partial charge is 0.481 e. The van der Waals surface area contributed by atoms with E-state index >= 15 is 0 Å². The number of rotatable bonds is 8. The molecule has 1 aliphatic carbocycles. The molecular formula is C26H35Cl2N3O3. The van der Waals surface area contributed by atoms with Gasteiger partial charge in [0.05, 0.1) is 11.8 Å². The fraction of sp³-hybridized carbons (Fsp3) is 0.615. The summed E-state index contributed by atoms with van der Waals surface area (Å²) in [7, 11) is 0. The molecule has 6 nitrogen and oxygen atoms in total. The zero-order valence-electron chi connectivity index (χ0n) is 19.9. The molecule has 0 radical (unpaired) electrons. The van der Waals surface area contributed by atoms with Gasteiger partial charge in [0.1, 0.15) is 0 Å². The molecule has 1 aromatic carbocycles. The van der Waals surface area contributed by atoms with Crippen molar-refractivity contribution in [3.8, 4) is 0 Å². The second kappa shape index (κ2) is 11.0. The number of likely N-dealkylation sites (tertiary alicyclic amines) is 2. The van der Waals surface area contributed by atoms with E-state index in [4.69, 9.17) is 23.2 Å². The number of nitrogens with one attached hydrogen (secondary N) is 1. The molecule has 3 atom stereocenters. The van der Waals surface area contributed by atoms with Gasteiger partial charge in [-0.15, -0.1) is 0 Å². The van der Waals surface area contributed by atoms with E-state index < -0.39 is 11.4 Å². The molecule has 1 aromatic rings. The molecule has 1 amide bonds. The smallest absolute Gasteiger partial charge is 0.304 e. The van der Waals surface area contributed by atoms with Crippen LogP contribution in [0.15, 0.2) is 29.8 Å². The Bertz CT molecular complexity index is 933. The quantitative estimate of drug-likeness (QED) is 0.503. The van der Waals surface area contributed by atoms with Gasteiger partial charge >= 0.3 is 5.97 Å². The zero-order chi connectivity index (χ0) is 24.3. The van der Waals surface area contributed by atoms with Gasteiger partial charge in [-0.2, -0.15) is 0 Å². The third kappa shape index (κ3) is 5.78. The maximum absolute atomic E-state index is 13.6. The van der Waals surface area contributed by atoms with Gasteiger partial charge in [0.15, 0.2) is 0 Å². The van der Waals surface area contributed by atoms with Gasteiger partial charge in [-0.25, -0.2) is 0 Å². The summed E-state index contributed by atoms with van der Waals surface area (Å²) in [6.07, 6.45) is 7.99. The molecule has 186 valence electrons. The monoisotopic (exact) mass is 507 g/mol. The van der Waals surface area contributed by atoms with Gasteiger partial charge in [-0.05, 0) is 50.2 Å². The van der Waals surface area contributed by atoms with Crippen LogP contribution in [-0.2, 0) is 16.1 Å². The molecule has 0 aromatic heterocycles. The third-order valence-corrected chi connectivity index (χ3v) is 8.47. The molecule has 2 N–H and O–H groups in total. The SMILES string of the molecule is C[C@H]1CN(Cc2c(Cl)cccc2Cl)C[C@]1(CC(=O)O)C(=O)N[C@H]1CCN(CC2=CCCCC2)C1. The lowest BCUT2D eigenvalue weighted by Crippen LogP contribution is -2.51.